The van der Waals surface area contributed by atoms with Gasteiger partial charge < -0.3 is 19.5 Å². The van der Waals surface area contributed by atoms with Gasteiger partial charge in [-0.3, -0.25) is 14.5 Å². The summed E-state index contributed by atoms with van der Waals surface area (Å²) in [5.41, 5.74) is 7.51. The van der Waals surface area contributed by atoms with Crippen LogP contribution in [0.25, 0.3) is 0 Å². The molecule has 4 rings (SSSR count). The highest BCUT2D eigenvalue weighted by Gasteiger charge is 2.38. The molecule has 1 N–H and O–H groups in total. The minimum absolute atomic E-state index is 0.0934. The maximum Gasteiger partial charge on any atom is 0.313 e. The van der Waals surface area contributed by atoms with E-state index in [1.165, 1.54) is 11.1 Å². The third-order valence-corrected chi connectivity index (χ3v) is 8.55. The Bertz CT molecular complexity index is 1040. The van der Waals surface area contributed by atoms with Gasteiger partial charge in [0, 0.05) is 52.3 Å². The van der Waals surface area contributed by atoms with Crippen LogP contribution in [-0.4, -0.2) is 92.9 Å². The quantitative estimate of drug-likeness (QED) is 0.377. The zero-order valence-corrected chi connectivity index (χ0v) is 22.8. The number of hydrogen-bond acceptors (Lipinski definition) is 7. The number of allylic oxidation sites excluding steroid dienone is 4. The Balaban J connectivity index is 1.33. The van der Waals surface area contributed by atoms with Crippen molar-refractivity contribution in [2.24, 2.45) is 11.8 Å². The molecule has 3 unspecified atom stereocenters. The van der Waals surface area contributed by atoms with Crippen LogP contribution in [0.3, 0.4) is 0 Å². The van der Waals surface area contributed by atoms with E-state index in [9.17, 15) is 14.7 Å². The standard InChI is InChI=1S/C30H42N2O5/c1-20-15-23(17-33)5-6-25(18-36-4)22(3)29(20)28(34)16-32-13-11-31(12-14-32)10-9-24-7-8-26-27(21(24)2)19-37-30(26)35/h7-8,15,17,26-28,34H,5-6,9-14,16,18-19H2,1-4H3/b23-15+,25-22+,29-20+. The van der Waals surface area contributed by atoms with Crippen molar-refractivity contribution in [3.8, 4) is 0 Å². The van der Waals surface area contributed by atoms with Gasteiger partial charge in [-0.15, -0.1) is 0 Å². The number of carbonyl (C=O) groups is 2. The van der Waals surface area contributed by atoms with E-state index in [0.29, 0.717) is 26.2 Å². The average Bonchev–Trinajstić information content (AvgIpc) is 3.26. The van der Waals surface area contributed by atoms with Gasteiger partial charge >= 0.3 is 5.97 Å². The summed E-state index contributed by atoms with van der Waals surface area (Å²) in [6, 6.07) is 0. The van der Waals surface area contributed by atoms with Crippen molar-refractivity contribution < 1.29 is 24.2 Å². The Hall–Kier alpha value is -2.32. The first-order valence-electron chi connectivity index (χ1n) is 13.5. The van der Waals surface area contributed by atoms with Crippen molar-refractivity contribution in [3.05, 3.63) is 57.2 Å². The van der Waals surface area contributed by atoms with E-state index >= 15 is 0 Å². The molecule has 2 aliphatic heterocycles. The van der Waals surface area contributed by atoms with Crippen molar-refractivity contribution in [2.75, 3.05) is 59.6 Å². The van der Waals surface area contributed by atoms with Gasteiger partial charge in [-0.2, -0.15) is 0 Å². The summed E-state index contributed by atoms with van der Waals surface area (Å²) in [6.45, 7) is 12.5. The molecular formula is C30H42N2O5. The molecule has 0 bridgehead atoms. The highest BCUT2D eigenvalue weighted by atomic mass is 16.5. The van der Waals surface area contributed by atoms with Gasteiger partial charge in [0.1, 0.15) is 6.29 Å². The summed E-state index contributed by atoms with van der Waals surface area (Å²) < 4.78 is 10.7. The van der Waals surface area contributed by atoms with Gasteiger partial charge in [0.25, 0.3) is 0 Å². The van der Waals surface area contributed by atoms with E-state index < -0.39 is 6.10 Å². The minimum Gasteiger partial charge on any atom is -0.465 e. The Morgan fingerprint density at radius 1 is 1.16 bits per heavy atom. The molecule has 2 saturated heterocycles. The summed E-state index contributed by atoms with van der Waals surface area (Å²) in [7, 11) is 1.69. The van der Waals surface area contributed by atoms with Gasteiger partial charge in [0.2, 0.25) is 0 Å². The Morgan fingerprint density at radius 2 is 1.89 bits per heavy atom. The normalized spacial score (nSPS) is 31.9. The van der Waals surface area contributed by atoms with E-state index in [1.54, 1.807) is 7.11 Å². The molecule has 4 aliphatic rings. The molecular weight excluding hydrogens is 468 g/mol. The number of β-amino-alcohol motifs (C(OH)–C–C–N with tert-alkyl or cyclic N) is 1. The number of carbonyl (C=O) groups excluding carboxylic acids is 2. The zero-order valence-electron chi connectivity index (χ0n) is 22.8. The number of aldehydes is 1. The van der Waals surface area contributed by atoms with Gasteiger partial charge in [0.15, 0.2) is 0 Å². The number of ether oxygens (including phenoxy) is 2. The highest BCUT2D eigenvalue weighted by molar-refractivity contribution is 5.78. The number of rotatable bonds is 9. The fourth-order valence-corrected chi connectivity index (χ4v) is 6.18. The SMILES string of the molecule is COC/C1=C(C)/C(C(O)CN2CCN(CCC3=C(C)C4COC(=O)C4C=C3)CC2)=C(C)\C=C(\C=O)CC1. The molecule has 0 amide bonds. The lowest BCUT2D eigenvalue weighted by molar-refractivity contribution is -0.140. The zero-order chi connectivity index (χ0) is 26.5. The number of piperazine rings is 1. The number of nitrogens with zero attached hydrogens (tertiary/aromatic N) is 2. The minimum atomic E-state index is -0.620. The van der Waals surface area contributed by atoms with Crippen LogP contribution in [0.15, 0.2) is 57.2 Å². The van der Waals surface area contributed by atoms with E-state index in [0.717, 1.165) is 79.7 Å². The molecule has 2 aliphatic carbocycles. The fourth-order valence-electron chi connectivity index (χ4n) is 6.18. The summed E-state index contributed by atoms with van der Waals surface area (Å²) in [5, 5.41) is 11.3. The average molecular weight is 511 g/mol. The molecule has 0 aromatic carbocycles. The first-order valence-corrected chi connectivity index (χ1v) is 13.5. The molecule has 7 heteroatoms. The molecule has 0 saturated carbocycles. The third-order valence-electron chi connectivity index (χ3n) is 8.55. The van der Waals surface area contributed by atoms with Crippen molar-refractivity contribution in [3.63, 3.8) is 0 Å². The third kappa shape index (κ3) is 6.40. The maximum atomic E-state index is 11.9. The fraction of sp³-hybridized carbons (Fsp3) is 0.600. The highest BCUT2D eigenvalue weighted by Crippen LogP contribution is 2.36. The number of cyclic esters (lactones) is 1. The maximum absolute atomic E-state index is 11.9. The number of esters is 1. The lowest BCUT2D eigenvalue weighted by atomic mass is 9.81. The van der Waals surface area contributed by atoms with Crippen LogP contribution in [-0.2, 0) is 19.1 Å². The van der Waals surface area contributed by atoms with Crippen LogP contribution in [0.4, 0.5) is 0 Å². The Morgan fingerprint density at radius 3 is 2.59 bits per heavy atom. The number of aliphatic hydroxyl groups is 1. The molecule has 2 heterocycles. The number of fused-ring (bicyclic) bond motifs is 1. The van der Waals surface area contributed by atoms with Crippen molar-refractivity contribution in [2.45, 2.75) is 46.1 Å². The largest absolute Gasteiger partial charge is 0.465 e. The molecule has 0 spiro atoms. The summed E-state index contributed by atoms with van der Waals surface area (Å²) in [4.78, 5) is 28.2. The second kappa shape index (κ2) is 12.5. The Kier molecular flexibility index (Phi) is 9.35. The molecule has 3 atom stereocenters. The van der Waals surface area contributed by atoms with E-state index in [2.05, 4.69) is 29.7 Å². The molecule has 0 aromatic heterocycles. The van der Waals surface area contributed by atoms with Crippen LogP contribution >= 0.6 is 0 Å². The van der Waals surface area contributed by atoms with Crippen molar-refractivity contribution in [1.82, 2.24) is 9.80 Å². The lowest BCUT2D eigenvalue weighted by Crippen LogP contribution is -2.49. The van der Waals surface area contributed by atoms with Gasteiger partial charge in [0.05, 0.1) is 25.2 Å². The second-order valence-electron chi connectivity index (χ2n) is 10.8. The predicted molar refractivity (Wildman–Crippen MR) is 144 cm³/mol. The predicted octanol–water partition coefficient (Wildman–Crippen LogP) is 3.23. The molecule has 0 aromatic rings. The van der Waals surface area contributed by atoms with Crippen LogP contribution < -0.4 is 0 Å². The monoisotopic (exact) mass is 510 g/mol. The van der Waals surface area contributed by atoms with Gasteiger partial charge in [-0.05, 0) is 73.5 Å². The first kappa shape index (κ1) is 27.7. The van der Waals surface area contributed by atoms with Gasteiger partial charge in [-0.25, -0.2) is 0 Å². The van der Waals surface area contributed by atoms with Crippen molar-refractivity contribution >= 4 is 12.3 Å². The smallest absolute Gasteiger partial charge is 0.313 e. The van der Waals surface area contributed by atoms with Gasteiger partial charge in [-0.1, -0.05) is 23.8 Å². The Labute approximate surface area is 221 Å². The van der Waals surface area contributed by atoms with E-state index in [4.69, 9.17) is 9.47 Å². The second-order valence-corrected chi connectivity index (χ2v) is 10.8. The van der Waals surface area contributed by atoms with E-state index in [1.807, 2.05) is 19.1 Å². The molecule has 0 radical (unpaired) electrons. The molecule has 2 fully saturated rings. The number of aliphatic hydroxyl groups excluding tert-OH is 1. The number of methoxy groups -OCH3 is 1. The first-order chi connectivity index (χ1) is 17.8. The van der Waals surface area contributed by atoms with E-state index in [-0.39, 0.29) is 17.8 Å². The summed E-state index contributed by atoms with van der Waals surface area (Å²) >= 11 is 0. The number of hydrogen-bond donors (Lipinski definition) is 1. The van der Waals surface area contributed by atoms with Crippen LogP contribution in [0.1, 0.15) is 40.0 Å². The summed E-state index contributed by atoms with van der Waals surface area (Å²) in [5.74, 6) is 0.0141. The van der Waals surface area contributed by atoms with Crippen LogP contribution in [0, 0.1) is 11.8 Å². The van der Waals surface area contributed by atoms with Crippen molar-refractivity contribution in [1.29, 1.82) is 0 Å². The summed E-state index contributed by atoms with van der Waals surface area (Å²) in [6.07, 6.45) is 8.83. The molecule has 202 valence electrons. The van der Waals surface area contributed by atoms with Crippen LogP contribution in [0.5, 0.6) is 0 Å². The lowest BCUT2D eigenvalue weighted by Gasteiger charge is -2.36. The topological polar surface area (TPSA) is 79.3 Å². The van der Waals surface area contributed by atoms with Crippen LogP contribution in [0.2, 0.25) is 0 Å². The molecule has 7 nitrogen and oxygen atoms in total. The molecule has 37 heavy (non-hydrogen) atoms.